The van der Waals surface area contributed by atoms with Crippen molar-refractivity contribution in [1.29, 1.82) is 0 Å². The number of nitrogens with zero attached hydrogens (tertiary/aromatic N) is 1. The summed E-state index contributed by atoms with van der Waals surface area (Å²) in [5.74, 6) is 0. The number of alkyl halides is 1. The van der Waals surface area contributed by atoms with Crippen molar-refractivity contribution in [3.63, 3.8) is 0 Å². The molecule has 0 aromatic carbocycles. The zero-order valence-electron chi connectivity index (χ0n) is 10.1. The van der Waals surface area contributed by atoms with Gasteiger partial charge < -0.3 is 4.74 Å². The highest BCUT2D eigenvalue weighted by Gasteiger charge is 2.38. The molecule has 2 fully saturated rings. The summed E-state index contributed by atoms with van der Waals surface area (Å²) in [5, 5.41) is 0.539. The van der Waals surface area contributed by atoms with Gasteiger partial charge in [0.1, 0.15) is 0 Å². The lowest BCUT2D eigenvalue weighted by molar-refractivity contribution is -0.0413. The first-order chi connectivity index (χ1) is 8.04. The van der Waals surface area contributed by atoms with Crippen molar-refractivity contribution in [3.05, 3.63) is 0 Å². The van der Waals surface area contributed by atoms with E-state index in [9.17, 15) is 8.42 Å². The van der Waals surface area contributed by atoms with E-state index in [1.807, 2.05) is 6.92 Å². The van der Waals surface area contributed by atoms with Crippen LogP contribution in [0.3, 0.4) is 0 Å². The maximum absolute atomic E-state index is 12.4. The maximum atomic E-state index is 12.4. The van der Waals surface area contributed by atoms with Crippen molar-refractivity contribution >= 4 is 26.0 Å². The van der Waals surface area contributed by atoms with E-state index in [4.69, 9.17) is 4.74 Å². The fourth-order valence-electron chi connectivity index (χ4n) is 2.69. The van der Waals surface area contributed by atoms with Gasteiger partial charge in [-0.1, -0.05) is 28.8 Å². The lowest BCUT2D eigenvalue weighted by Crippen LogP contribution is -2.51. The van der Waals surface area contributed by atoms with Crippen LogP contribution in [0.25, 0.3) is 0 Å². The second kappa shape index (κ2) is 5.55. The quantitative estimate of drug-likeness (QED) is 0.742. The molecular formula is C11H20BrNO3S. The molecule has 0 aromatic heterocycles. The van der Waals surface area contributed by atoms with Gasteiger partial charge in [0.15, 0.2) is 0 Å². The summed E-state index contributed by atoms with van der Waals surface area (Å²) in [5.41, 5.74) is 0. The van der Waals surface area contributed by atoms with Gasteiger partial charge in [0.05, 0.1) is 17.5 Å². The molecule has 2 rings (SSSR count). The second-order valence-corrected chi connectivity index (χ2v) is 7.85. The third kappa shape index (κ3) is 3.03. The summed E-state index contributed by atoms with van der Waals surface area (Å²) < 4.78 is 32.2. The average molecular weight is 326 g/mol. The summed E-state index contributed by atoms with van der Waals surface area (Å²) in [4.78, 5) is 0. The lowest BCUT2D eigenvalue weighted by atomic mass is 10.3. The minimum absolute atomic E-state index is 0.0116. The van der Waals surface area contributed by atoms with Gasteiger partial charge in [-0.3, -0.25) is 0 Å². The Morgan fingerprint density at radius 2 is 1.94 bits per heavy atom. The van der Waals surface area contributed by atoms with Gasteiger partial charge in [-0.25, -0.2) is 8.42 Å². The van der Waals surface area contributed by atoms with E-state index >= 15 is 0 Å². The van der Waals surface area contributed by atoms with Crippen LogP contribution in [0, 0.1) is 0 Å². The first kappa shape index (κ1) is 13.8. The van der Waals surface area contributed by atoms with Gasteiger partial charge in [-0.15, -0.1) is 0 Å². The summed E-state index contributed by atoms with van der Waals surface area (Å²) in [7, 11) is -3.11. The highest BCUT2D eigenvalue weighted by Crippen LogP contribution is 2.29. The number of ether oxygens (including phenoxy) is 1. The highest BCUT2D eigenvalue weighted by molar-refractivity contribution is 9.09. The molecule has 1 aliphatic heterocycles. The van der Waals surface area contributed by atoms with Gasteiger partial charge in [-0.05, 0) is 19.8 Å². The van der Waals surface area contributed by atoms with E-state index in [0.29, 0.717) is 18.4 Å². The van der Waals surface area contributed by atoms with Gasteiger partial charge in [0.2, 0.25) is 10.0 Å². The summed E-state index contributed by atoms with van der Waals surface area (Å²) >= 11 is 3.37. The van der Waals surface area contributed by atoms with E-state index in [-0.39, 0.29) is 17.5 Å². The number of morpholine rings is 1. The Hall–Kier alpha value is 0.350. The Morgan fingerprint density at radius 3 is 2.53 bits per heavy atom. The molecule has 1 saturated carbocycles. The van der Waals surface area contributed by atoms with Crippen molar-refractivity contribution in [2.75, 3.05) is 18.4 Å². The molecule has 4 nitrogen and oxygen atoms in total. The Balaban J connectivity index is 2.09. The summed E-state index contributed by atoms with van der Waals surface area (Å²) in [6.45, 7) is 2.93. The Morgan fingerprint density at radius 1 is 1.29 bits per heavy atom. The molecule has 0 N–H and O–H groups in total. The van der Waals surface area contributed by atoms with E-state index in [1.54, 1.807) is 4.31 Å². The lowest BCUT2D eigenvalue weighted by Gasteiger charge is -2.36. The molecule has 0 aromatic rings. The molecule has 2 unspecified atom stereocenters. The fraction of sp³-hybridized carbons (Fsp3) is 1.00. The summed E-state index contributed by atoms with van der Waals surface area (Å²) in [6, 6.07) is 0. The first-order valence-electron chi connectivity index (χ1n) is 6.24. The molecule has 0 spiro atoms. The van der Waals surface area contributed by atoms with Crippen LogP contribution in [0.1, 0.15) is 32.6 Å². The number of halogens is 1. The minimum atomic E-state index is -3.11. The van der Waals surface area contributed by atoms with E-state index in [0.717, 1.165) is 25.7 Å². The molecular weight excluding hydrogens is 306 g/mol. The van der Waals surface area contributed by atoms with Crippen LogP contribution < -0.4 is 0 Å². The Bertz CT molecular complexity index is 354. The number of rotatable bonds is 3. The van der Waals surface area contributed by atoms with Crippen LogP contribution in [0.5, 0.6) is 0 Å². The molecule has 2 atom stereocenters. The second-order valence-electron chi connectivity index (χ2n) is 4.99. The smallest absolute Gasteiger partial charge is 0.217 e. The van der Waals surface area contributed by atoms with Crippen LogP contribution in [0.4, 0.5) is 0 Å². The number of hydrogen-bond acceptors (Lipinski definition) is 3. The molecule has 6 heteroatoms. The van der Waals surface area contributed by atoms with E-state index in [1.165, 1.54) is 0 Å². The van der Waals surface area contributed by atoms with Gasteiger partial charge in [-0.2, -0.15) is 4.31 Å². The molecule has 1 saturated heterocycles. The van der Waals surface area contributed by atoms with Crippen LogP contribution in [-0.2, 0) is 14.8 Å². The Kier molecular flexibility index (Phi) is 4.50. The fourth-order valence-corrected chi connectivity index (χ4v) is 5.19. The normalized spacial score (nSPS) is 33.1. The maximum Gasteiger partial charge on any atom is 0.217 e. The molecule has 0 radical (unpaired) electrons. The van der Waals surface area contributed by atoms with Crippen molar-refractivity contribution < 1.29 is 13.2 Å². The average Bonchev–Trinajstić information content (AvgIpc) is 2.82. The van der Waals surface area contributed by atoms with E-state index in [2.05, 4.69) is 15.9 Å². The predicted octanol–water partition coefficient (Wildman–Crippen LogP) is 1.74. The van der Waals surface area contributed by atoms with E-state index < -0.39 is 10.0 Å². The standard InChI is InChI=1S/C11H20BrNO3S/c1-9-7-13(8-10(6-12)16-9)17(14,15)11-4-2-3-5-11/h9-11H,2-8H2,1H3. The van der Waals surface area contributed by atoms with Crippen LogP contribution in [0.2, 0.25) is 0 Å². The molecule has 1 aliphatic carbocycles. The van der Waals surface area contributed by atoms with Crippen molar-refractivity contribution in [2.24, 2.45) is 0 Å². The van der Waals surface area contributed by atoms with Crippen LogP contribution in [0.15, 0.2) is 0 Å². The topological polar surface area (TPSA) is 46.6 Å². The molecule has 100 valence electrons. The van der Waals surface area contributed by atoms with Crippen LogP contribution in [-0.4, -0.2) is 48.6 Å². The minimum Gasteiger partial charge on any atom is -0.372 e. The Labute approximate surface area is 112 Å². The SMILES string of the molecule is CC1CN(S(=O)(=O)C2CCCC2)CC(CBr)O1. The predicted molar refractivity (Wildman–Crippen MR) is 70.9 cm³/mol. The molecule has 2 aliphatic rings. The third-order valence-corrected chi connectivity index (χ3v) is 6.60. The molecule has 1 heterocycles. The number of sulfonamides is 1. The van der Waals surface area contributed by atoms with Crippen LogP contribution >= 0.6 is 15.9 Å². The first-order valence-corrected chi connectivity index (χ1v) is 8.87. The number of hydrogen-bond donors (Lipinski definition) is 0. The molecule has 0 bridgehead atoms. The zero-order valence-corrected chi connectivity index (χ0v) is 12.5. The largest absolute Gasteiger partial charge is 0.372 e. The zero-order chi connectivity index (χ0) is 12.5. The van der Waals surface area contributed by atoms with Gasteiger partial charge >= 0.3 is 0 Å². The monoisotopic (exact) mass is 325 g/mol. The van der Waals surface area contributed by atoms with Crippen molar-refractivity contribution in [3.8, 4) is 0 Å². The third-order valence-electron chi connectivity index (χ3n) is 3.55. The van der Waals surface area contributed by atoms with Crippen molar-refractivity contribution in [2.45, 2.75) is 50.1 Å². The van der Waals surface area contributed by atoms with Crippen molar-refractivity contribution in [1.82, 2.24) is 4.31 Å². The molecule has 0 amide bonds. The summed E-state index contributed by atoms with van der Waals surface area (Å²) in [6.07, 6.45) is 3.72. The molecule has 17 heavy (non-hydrogen) atoms. The van der Waals surface area contributed by atoms with Gasteiger partial charge in [0.25, 0.3) is 0 Å². The van der Waals surface area contributed by atoms with Gasteiger partial charge in [0, 0.05) is 18.4 Å². The highest BCUT2D eigenvalue weighted by atomic mass is 79.9.